The lowest BCUT2D eigenvalue weighted by Gasteiger charge is -2.06. The van der Waals surface area contributed by atoms with Crippen LogP contribution in [0, 0.1) is 0 Å². The highest BCUT2D eigenvalue weighted by Crippen LogP contribution is 2.17. The van der Waals surface area contributed by atoms with Crippen LogP contribution >= 0.6 is 0 Å². The third-order valence-corrected chi connectivity index (χ3v) is 10.7. The standard InChI is InChI=1S/C48H90O4/c1-2-3-4-5-6-7-8-26-30-33-36-39-42-45-48(51)52-46-43-40-37-34-31-28-25-23-21-19-17-15-13-11-9-10-12-14-16-18-20-22-24-27-29-32-35-38-41-44-47(49)50/h7-8,41,44H,2-6,9-40,42-43,45-46H2,1H3,(H,49,50). The van der Waals surface area contributed by atoms with E-state index < -0.39 is 5.97 Å². The SMILES string of the molecule is CCCCCCC=CCCCCCCCC(=O)OCCCCCCCCCCCCCCCCCCCCCCCCCCCCCC=CC(=O)O. The normalized spacial score (nSPS) is 11.7. The topological polar surface area (TPSA) is 63.6 Å². The largest absolute Gasteiger partial charge is 0.478 e. The van der Waals surface area contributed by atoms with E-state index in [1.165, 1.54) is 224 Å². The molecule has 0 aliphatic rings. The highest BCUT2D eigenvalue weighted by molar-refractivity contribution is 5.79. The Morgan fingerprint density at radius 3 is 1.02 bits per heavy atom. The zero-order valence-corrected chi connectivity index (χ0v) is 35.0. The molecule has 0 heterocycles. The van der Waals surface area contributed by atoms with Gasteiger partial charge < -0.3 is 9.84 Å². The average molecular weight is 731 g/mol. The molecule has 0 unspecified atom stereocenters. The third-order valence-electron chi connectivity index (χ3n) is 10.7. The molecule has 0 amide bonds. The van der Waals surface area contributed by atoms with Gasteiger partial charge in [-0.05, 0) is 51.4 Å². The zero-order valence-electron chi connectivity index (χ0n) is 35.0. The quantitative estimate of drug-likeness (QED) is 0.0293. The minimum Gasteiger partial charge on any atom is -0.478 e. The molecule has 52 heavy (non-hydrogen) atoms. The van der Waals surface area contributed by atoms with Crippen molar-refractivity contribution in [3.05, 3.63) is 24.3 Å². The number of unbranched alkanes of at least 4 members (excludes halogenated alkanes) is 36. The Hall–Kier alpha value is -1.58. The zero-order chi connectivity index (χ0) is 37.7. The highest BCUT2D eigenvalue weighted by Gasteiger charge is 2.03. The van der Waals surface area contributed by atoms with Crippen molar-refractivity contribution in [1.82, 2.24) is 0 Å². The summed E-state index contributed by atoms with van der Waals surface area (Å²) in [5.41, 5.74) is 0. The van der Waals surface area contributed by atoms with E-state index in [2.05, 4.69) is 19.1 Å². The van der Waals surface area contributed by atoms with Gasteiger partial charge in [0.1, 0.15) is 0 Å². The van der Waals surface area contributed by atoms with Crippen LogP contribution in [0.4, 0.5) is 0 Å². The van der Waals surface area contributed by atoms with Gasteiger partial charge in [-0.3, -0.25) is 4.79 Å². The van der Waals surface area contributed by atoms with Crippen molar-refractivity contribution in [2.75, 3.05) is 6.61 Å². The molecule has 0 fully saturated rings. The number of esters is 1. The number of carboxylic acids is 1. The van der Waals surface area contributed by atoms with Gasteiger partial charge in [-0.2, -0.15) is 0 Å². The predicted molar refractivity (Wildman–Crippen MR) is 227 cm³/mol. The van der Waals surface area contributed by atoms with Gasteiger partial charge in [0.05, 0.1) is 6.61 Å². The molecule has 306 valence electrons. The molecule has 0 saturated carbocycles. The molecule has 0 rings (SSSR count). The Morgan fingerprint density at radius 2 is 0.673 bits per heavy atom. The van der Waals surface area contributed by atoms with Crippen LogP contribution in [-0.4, -0.2) is 23.7 Å². The number of carbonyl (C=O) groups excluding carboxylic acids is 1. The van der Waals surface area contributed by atoms with Crippen LogP contribution in [-0.2, 0) is 14.3 Å². The minimum absolute atomic E-state index is 0.0113. The highest BCUT2D eigenvalue weighted by atomic mass is 16.5. The van der Waals surface area contributed by atoms with Gasteiger partial charge >= 0.3 is 11.9 Å². The summed E-state index contributed by atoms with van der Waals surface area (Å²) in [6.45, 7) is 2.88. The second kappa shape index (κ2) is 45.6. The summed E-state index contributed by atoms with van der Waals surface area (Å²) >= 11 is 0. The number of rotatable bonds is 44. The summed E-state index contributed by atoms with van der Waals surface area (Å²) in [5, 5.41) is 8.57. The molecule has 0 aliphatic heterocycles. The lowest BCUT2D eigenvalue weighted by Crippen LogP contribution is -2.05. The maximum absolute atomic E-state index is 12.0. The molecule has 0 atom stereocenters. The average Bonchev–Trinajstić information content (AvgIpc) is 3.13. The molecule has 0 aromatic carbocycles. The number of hydrogen-bond acceptors (Lipinski definition) is 3. The maximum Gasteiger partial charge on any atom is 0.327 e. The van der Waals surface area contributed by atoms with Crippen LogP contribution in [0.1, 0.15) is 264 Å². The maximum atomic E-state index is 12.0. The number of hydrogen-bond donors (Lipinski definition) is 1. The van der Waals surface area contributed by atoms with E-state index >= 15 is 0 Å². The number of ether oxygens (including phenoxy) is 1. The Labute approximate surface area is 325 Å². The molecule has 0 radical (unpaired) electrons. The van der Waals surface area contributed by atoms with E-state index in [-0.39, 0.29) is 5.97 Å². The van der Waals surface area contributed by atoms with Gasteiger partial charge in [0.2, 0.25) is 0 Å². The summed E-state index contributed by atoms with van der Waals surface area (Å²) in [6.07, 6.45) is 59.9. The molecule has 0 bridgehead atoms. The third kappa shape index (κ3) is 46.4. The van der Waals surface area contributed by atoms with Crippen molar-refractivity contribution < 1.29 is 19.4 Å². The van der Waals surface area contributed by atoms with Crippen molar-refractivity contribution in [1.29, 1.82) is 0 Å². The Bertz CT molecular complexity index is 772. The van der Waals surface area contributed by atoms with Crippen molar-refractivity contribution in [3.63, 3.8) is 0 Å². The van der Waals surface area contributed by atoms with Crippen molar-refractivity contribution in [2.45, 2.75) is 264 Å². The second-order valence-electron chi connectivity index (χ2n) is 15.9. The van der Waals surface area contributed by atoms with Gasteiger partial charge in [-0.25, -0.2) is 4.79 Å². The first-order valence-electron chi connectivity index (χ1n) is 23.4. The van der Waals surface area contributed by atoms with Crippen LogP contribution < -0.4 is 0 Å². The van der Waals surface area contributed by atoms with Crippen molar-refractivity contribution in [3.8, 4) is 0 Å². The lowest BCUT2D eigenvalue weighted by molar-refractivity contribution is -0.144. The fourth-order valence-electron chi connectivity index (χ4n) is 7.21. The summed E-state index contributed by atoms with van der Waals surface area (Å²) in [7, 11) is 0. The van der Waals surface area contributed by atoms with Crippen molar-refractivity contribution in [2.24, 2.45) is 0 Å². The van der Waals surface area contributed by atoms with E-state index in [1.807, 2.05) is 0 Å². The second-order valence-corrected chi connectivity index (χ2v) is 15.9. The Morgan fingerprint density at radius 1 is 0.385 bits per heavy atom. The molecule has 1 N–H and O–H groups in total. The summed E-state index contributed by atoms with van der Waals surface area (Å²) in [4.78, 5) is 22.4. The van der Waals surface area contributed by atoms with Gasteiger partial charge in [0, 0.05) is 12.5 Å². The number of aliphatic carboxylic acids is 1. The Kier molecular flexibility index (Phi) is 44.2. The molecule has 0 aromatic rings. The van der Waals surface area contributed by atoms with Crippen LogP contribution in [0.3, 0.4) is 0 Å². The van der Waals surface area contributed by atoms with Gasteiger partial charge in [-0.15, -0.1) is 0 Å². The molecular weight excluding hydrogens is 641 g/mol. The minimum atomic E-state index is -0.834. The summed E-state index contributed by atoms with van der Waals surface area (Å²) < 4.78 is 5.46. The summed E-state index contributed by atoms with van der Waals surface area (Å²) in [5.74, 6) is -0.822. The number of carboxylic acid groups (broad SMARTS) is 1. The van der Waals surface area contributed by atoms with Crippen LogP contribution in [0.25, 0.3) is 0 Å². The van der Waals surface area contributed by atoms with Crippen LogP contribution in [0.15, 0.2) is 24.3 Å². The molecule has 0 saturated heterocycles. The molecule has 0 aromatic heterocycles. The fourth-order valence-corrected chi connectivity index (χ4v) is 7.21. The van der Waals surface area contributed by atoms with Crippen molar-refractivity contribution >= 4 is 11.9 Å². The first kappa shape index (κ1) is 50.4. The molecule has 0 spiro atoms. The molecule has 4 nitrogen and oxygen atoms in total. The predicted octanol–water partition coefficient (Wildman–Crippen LogP) is 16.4. The Balaban J connectivity index is 3.16. The lowest BCUT2D eigenvalue weighted by atomic mass is 10.0. The fraction of sp³-hybridized carbons (Fsp3) is 0.875. The van der Waals surface area contributed by atoms with E-state index in [9.17, 15) is 9.59 Å². The van der Waals surface area contributed by atoms with Gasteiger partial charge in [0.15, 0.2) is 0 Å². The van der Waals surface area contributed by atoms with Crippen LogP contribution in [0.5, 0.6) is 0 Å². The van der Waals surface area contributed by atoms with E-state index in [4.69, 9.17) is 9.84 Å². The van der Waals surface area contributed by atoms with Gasteiger partial charge in [-0.1, -0.05) is 224 Å². The van der Waals surface area contributed by atoms with E-state index in [0.29, 0.717) is 13.0 Å². The molecular formula is C48H90O4. The van der Waals surface area contributed by atoms with E-state index in [1.54, 1.807) is 6.08 Å². The van der Waals surface area contributed by atoms with Gasteiger partial charge in [0.25, 0.3) is 0 Å². The van der Waals surface area contributed by atoms with E-state index in [0.717, 1.165) is 32.1 Å². The first-order chi connectivity index (χ1) is 25.7. The monoisotopic (exact) mass is 731 g/mol. The smallest absolute Gasteiger partial charge is 0.327 e. The van der Waals surface area contributed by atoms with Crippen LogP contribution in [0.2, 0.25) is 0 Å². The summed E-state index contributed by atoms with van der Waals surface area (Å²) in [6, 6.07) is 0. The number of carbonyl (C=O) groups is 2. The molecule has 4 heteroatoms. The first-order valence-corrected chi connectivity index (χ1v) is 23.4. The molecule has 0 aliphatic carbocycles. The number of allylic oxidation sites excluding steroid dienone is 3.